The monoisotopic (exact) mass is 283 g/mol. The van der Waals surface area contributed by atoms with Gasteiger partial charge in [0.2, 0.25) is 0 Å². The average molecular weight is 283 g/mol. The van der Waals surface area contributed by atoms with Crippen molar-refractivity contribution in [2.24, 2.45) is 0 Å². The molecule has 1 aromatic rings. The predicted octanol–water partition coefficient (Wildman–Crippen LogP) is 3.10. The molecule has 0 N–H and O–H groups in total. The normalized spacial score (nSPS) is 21.3. The number of amides is 1. The second kappa shape index (κ2) is 7.60. The summed E-state index contributed by atoms with van der Waals surface area (Å²) in [5, 5.41) is 0. The van der Waals surface area contributed by atoms with Gasteiger partial charge in [-0.15, -0.1) is 6.58 Å². The van der Waals surface area contributed by atoms with Gasteiger partial charge in [0.25, 0.3) is 5.91 Å². The van der Waals surface area contributed by atoms with Crippen LogP contribution in [0.15, 0.2) is 67.8 Å². The molecule has 0 saturated carbocycles. The molecule has 0 aromatic heterocycles. The van der Waals surface area contributed by atoms with Crippen LogP contribution in [0.1, 0.15) is 12.0 Å². The SMILES string of the molecule is C=C/C=C/[C@H]1[C@@H](OCc2ccccc2)C(=O)N1CCC=C. The average Bonchev–Trinajstić information content (AvgIpc) is 2.52. The van der Waals surface area contributed by atoms with Gasteiger partial charge in [0.05, 0.1) is 12.6 Å². The van der Waals surface area contributed by atoms with E-state index in [2.05, 4.69) is 13.2 Å². The molecule has 1 heterocycles. The number of likely N-dealkylation sites (tertiary alicyclic amines) is 1. The third kappa shape index (κ3) is 3.70. The summed E-state index contributed by atoms with van der Waals surface area (Å²) in [6, 6.07) is 9.86. The highest BCUT2D eigenvalue weighted by Crippen LogP contribution is 2.25. The van der Waals surface area contributed by atoms with E-state index in [0.29, 0.717) is 13.2 Å². The van der Waals surface area contributed by atoms with Gasteiger partial charge in [0, 0.05) is 6.54 Å². The molecule has 21 heavy (non-hydrogen) atoms. The minimum absolute atomic E-state index is 0.0147. The van der Waals surface area contributed by atoms with E-state index < -0.39 is 6.10 Å². The van der Waals surface area contributed by atoms with Crippen LogP contribution < -0.4 is 0 Å². The third-order valence-electron chi connectivity index (χ3n) is 3.49. The van der Waals surface area contributed by atoms with E-state index in [1.807, 2.05) is 53.5 Å². The molecule has 110 valence electrons. The smallest absolute Gasteiger partial charge is 0.254 e. The first-order valence-electron chi connectivity index (χ1n) is 7.14. The van der Waals surface area contributed by atoms with Crippen molar-refractivity contribution in [3.05, 3.63) is 73.4 Å². The topological polar surface area (TPSA) is 29.5 Å². The van der Waals surface area contributed by atoms with Crippen molar-refractivity contribution in [3.8, 4) is 0 Å². The molecule has 1 aliphatic rings. The Morgan fingerprint density at radius 2 is 2.00 bits per heavy atom. The number of ether oxygens (including phenoxy) is 1. The number of β-lactam (4-membered cyclic amide) rings is 1. The number of hydrogen-bond acceptors (Lipinski definition) is 2. The lowest BCUT2D eigenvalue weighted by molar-refractivity contribution is -0.170. The lowest BCUT2D eigenvalue weighted by Gasteiger charge is -2.45. The summed E-state index contributed by atoms with van der Waals surface area (Å²) in [6.07, 6.45) is 7.74. The second-order valence-corrected chi connectivity index (χ2v) is 4.94. The Kier molecular flexibility index (Phi) is 5.52. The minimum atomic E-state index is -0.397. The molecule has 3 heteroatoms. The Bertz CT molecular complexity index is 521. The zero-order valence-electron chi connectivity index (χ0n) is 12.2. The number of rotatable bonds is 8. The van der Waals surface area contributed by atoms with Crippen molar-refractivity contribution >= 4 is 5.91 Å². The number of carbonyl (C=O) groups is 1. The van der Waals surface area contributed by atoms with Crippen LogP contribution in [-0.2, 0) is 16.1 Å². The van der Waals surface area contributed by atoms with Gasteiger partial charge in [-0.2, -0.15) is 0 Å². The fourth-order valence-corrected chi connectivity index (χ4v) is 2.35. The molecule has 0 radical (unpaired) electrons. The van der Waals surface area contributed by atoms with Crippen molar-refractivity contribution in [1.82, 2.24) is 4.90 Å². The highest BCUT2D eigenvalue weighted by molar-refractivity contribution is 5.89. The molecular weight excluding hydrogens is 262 g/mol. The van der Waals surface area contributed by atoms with Gasteiger partial charge in [-0.1, -0.05) is 61.2 Å². The minimum Gasteiger partial charge on any atom is -0.361 e. The van der Waals surface area contributed by atoms with Crippen LogP contribution >= 0.6 is 0 Å². The lowest BCUT2D eigenvalue weighted by atomic mass is 9.96. The van der Waals surface area contributed by atoms with Crippen molar-refractivity contribution in [2.75, 3.05) is 6.54 Å². The zero-order valence-corrected chi connectivity index (χ0v) is 12.2. The summed E-state index contributed by atoms with van der Waals surface area (Å²) in [4.78, 5) is 14.0. The van der Waals surface area contributed by atoms with Gasteiger partial charge in [-0.25, -0.2) is 0 Å². The lowest BCUT2D eigenvalue weighted by Crippen LogP contribution is -2.64. The van der Waals surface area contributed by atoms with E-state index in [0.717, 1.165) is 12.0 Å². The van der Waals surface area contributed by atoms with Crippen molar-refractivity contribution in [3.63, 3.8) is 0 Å². The number of benzene rings is 1. The first-order chi connectivity index (χ1) is 10.3. The Morgan fingerprint density at radius 1 is 1.24 bits per heavy atom. The van der Waals surface area contributed by atoms with Gasteiger partial charge >= 0.3 is 0 Å². The molecular formula is C18H21NO2. The molecule has 3 nitrogen and oxygen atoms in total. The van der Waals surface area contributed by atoms with Crippen LogP contribution in [0.4, 0.5) is 0 Å². The summed E-state index contributed by atoms with van der Waals surface area (Å²) >= 11 is 0. The second-order valence-electron chi connectivity index (χ2n) is 4.94. The van der Waals surface area contributed by atoms with Gasteiger partial charge in [0.15, 0.2) is 6.10 Å². The van der Waals surface area contributed by atoms with Gasteiger partial charge in [-0.3, -0.25) is 4.79 Å². The molecule has 0 bridgehead atoms. The maximum absolute atomic E-state index is 12.2. The summed E-state index contributed by atoms with van der Waals surface area (Å²) < 4.78 is 5.79. The van der Waals surface area contributed by atoms with Gasteiger partial charge < -0.3 is 9.64 Å². The molecule has 0 spiro atoms. The molecule has 1 amide bonds. The van der Waals surface area contributed by atoms with Crippen molar-refractivity contribution < 1.29 is 9.53 Å². The first-order valence-corrected chi connectivity index (χ1v) is 7.14. The Hall–Kier alpha value is -2.13. The largest absolute Gasteiger partial charge is 0.361 e. The number of carbonyl (C=O) groups excluding carboxylic acids is 1. The molecule has 1 aliphatic heterocycles. The van der Waals surface area contributed by atoms with Crippen LogP contribution in [0.2, 0.25) is 0 Å². The summed E-state index contributed by atoms with van der Waals surface area (Å²) in [5.41, 5.74) is 1.07. The molecule has 2 atom stereocenters. The standard InChI is InChI=1S/C18H21NO2/c1-3-5-12-16-17(18(20)19(16)13-6-4-2)21-14-15-10-8-7-9-11-15/h3-5,7-12,16-17H,1-2,6,13-14H2/b12-5+/t16-,17+/m0/s1. The van der Waals surface area contributed by atoms with Crippen molar-refractivity contribution in [2.45, 2.75) is 25.2 Å². The quantitative estimate of drug-likeness (QED) is 0.417. The summed E-state index contributed by atoms with van der Waals surface area (Å²) in [6.45, 7) is 8.49. The van der Waals surface area contributed by atoms with Crippen molar-refractivity contribution in [1.29, 1.82) is 0 Å². The number of allylic oxidation sites excluding steroid dienone is 2. The molecule has 0 unspecified atom stereocenters. The highest BCUT2D eigenvalue weighted by Gasteiger charge is 2.46. The Balaban J connectivity index is 1.97. The summed E-state index contributed by atoms with van der Waals surface area (Å²) in [5.74, 6) is 0.0477. The third-order valence-corrected chi connectivity index (χ3v) is 3.49. The molecule has 1 aromatic carbocycles. The van der Waals surface area contributed by atoms with E-state index in [4.69, 9.17) is 4.74 Å². The van der Waals surface area contributed by atoms with Crippen LogP contribution in [-0.4, -0.2) is 29.5 Å². The van der Waals surface area contributed by atoms with E-state index in [1.54, 1.807) is 6.08 Å². The van der Waals surface area contributed by atoms with Crippen LogP contribution in [0.3, 0.4) is 0 Å². The maximum Gasteiger partial charge on any atom is 0.254 e. The zero-order chi connectivity index (χ0) is 15.1. The van der Waals surface area contributed by atoms with E-state index >= 15 is 0 Å². The summed E-state index contributed by atoms with van der Waals surface area (Å²) in [7, 11) is 0. The van der Waals surface area contributed by atoms with E-state index in [9.17, 15) is 4.79 Å². The molecule has 1 fully saturated rings. The predicted molar refractivity (Wildman–Crippen MR) is 84.7 cm³/mol. The highest BCUT2D eigenvalue weighted by atomic mass is 16.5. The van der Waals surface area contributed by atoms with Crippen LogP contribution in [0, 0.1) is 0 Å². The van der Waals surface area contributed by atoms with E-state index in [-0.39, 0.29) is 11.9 Å². The fourth-order valence-electron chi connectivity index (χ4n) is 2.35. The first kappa shape index (κ1) is 15.3. The van der Waals surface area contributed by atoms with Gasteiger partial charge in [0.1, 0.15) is 0 Å². The van der Waals surface area contributed by atoms with Crippen LogP contribution in [0.5, 0.6) is 0 Å². The van der Waals surface area contributed by atoms with E-state index in [1.165, 1.54) is 0 Å². The Labute approximate surface area is 126 Å². The molecule has 0 aliphatic carbocycles. The fraction of sp³-hybridized carbons (Fsp3) is 0.278. The number of hydrogen-bond donors (Lipinski definition) is 0. The molecule has 1 saturated heterocycles. The Morgan fingerprint density at radius 3 is 2.67 bits per heavy atom. The molecule has 2 rings (SSSR count). The maximum atomic E-state index is 12.2. The number of nitrogens with zero attached hydrogens (tertiary/aromatic N) is 1. The van der Waals surface area contributed by atoms with Gasteiger partial charge in [-0.05, 0) is 12.0 Å². The van der Waals surface area contributed by atoms with Crippen LogP contribution in [0.25, 0.3) is 0 Å².